The van der Waals surface area contributed by atoms with Crippen LogP contribution in [0.4, 0.5) is 10.1 Å². The van der Waals surface area contributed by atoms with Gasteiger partial charge < -0.3 is 5.32 Å². The SMILES string of the molecule is CN1[C@H](C(=O)Nc2ccc(F)c(Cl)c2)C[C@H](C2(C)CC=C(c3cnn(C)c3)S2)NS1(=O)=O. The van der Waals surface area contributed by atoms with E-state index in [1.165, 1.54) is 19.2 Å². The van der Waals surface area contributed by atoms with Crippen molar-refractivity contribution in [1.29, 1.82) is 0 Å². The summed E-state index contributed by atoms with van der Waals surface area (Å²) in [5.74, 6) is -1.10. The Bertz CT molecular complexity index is 1200. The average molecular weight is 500 g/mol. The highest BCUT2D eigenvalue weighted by Gasteiger charge is 2.48. The van der Waals surface area contributed by atoms with Gasteiger partial charge >= 0.3 is 0 Å². The van der Waals surface area contributed by atoms with Crippen LogP contribution in [0, 0.1) is 5.82 Å². The van der Waals surface area contributed by atoms with Crippen LogP contribution in [0.15, 0.2) is 36.7 Å². The van der Waals surface area contributed by atoms with Crippen molar-refractivity contribution in [2.45, 2.75) is 36.6 Å². The number of nitrogens with zero attached hydrogens (tertiary/aromatic N) is 3. The number of rotatable bonds is 4. The molecule has 1 saturated heterocycles. The van der Waals surface area contributed by atoms with E-state index < -0.39 is 38.8 Å². The number of amides is 1. The van der Waals surface area contributed by atoms with Crippen molar-refractivity contribution in [3.8, 4) is 0 Å². The molecule has 2 aliphatic heterocycles. The normalized spacial score (nSPS) is 27.8. The van der Waals surface area contributed by atoms with E-state index in [-0.39, 0.29) is 11.4 Å². The standard InChI is InChI=1S/C20H23ClFN5O3S2/c1-20(7-6-17(31-20)12-10-23-26(2)11-12)18-9-16(27(3)32(29,30)25-18)19(28)24-13-4-5-15(22)14(21)8-13/h4-6,8,10-11,16,18,25H,7,9H2,1-3H3,(H,24,28)/t16-,18+,20?/m0/s1. The van der Waals surface area contributed by atoms with Crippen molar-refractivity contribution < 1.29 is 17.6 Å². The summed E-state index contributed by atoms with van der Waals surface area (Å²) in [6, 6.07) is 2.40. The van der Waals surface area contributed by atoms with Gasteiger partial charge in [-0.05, 0) is 38.0 Å². The number of likely N-dealkylation sites (N-methyl/N-ethyl adjacent to an activating group) is 1. The highest BCUT2D eigenvalue weighted by Crippen LogP contribution is 2.50. The van der Waals surface area contributed by atoms with E-state index >= 15 is 0 Å². The first-order chi connectivity index (χ1) is 15.0. The minimum Gasteiger partial charge on any atom is -0.325 e. The van der Waals surface area contributed by atoms with Crippen molar-refractivity contribution in [3.05, 3.63) is 53.1 Å². The third-order valence-corrected chi connectivity index (χ3v) is 9.24. The Kier molecular flexibility index (Phi) is 6.14. The van der Waals surface area contributed by atoms with Crippen LogP contribution in [0.2, 0.25) is 5.02 Å². The van der Waals surface area contributed by atoms with E-state index in [1.54, 1.807) is 22.6 Å². The fraction of sp³-hybridized carbons (Fsp3) is 0.400. The number of allylic oxidation sites excluding steroid dienone is 1. The van der Waals surface area contributed by atoms with Crippen molar-refractivity contribution in [1.82, 2.24) is 18.8 Å². The molecule has 12 heteroatoms. The molecule has 2 aliphatic rings. The molecule has 0 radical (unpaired) electrons. The number of aryl methyl sites for hydroxylation is 1. The first kappa shape index (κ1) is 23.2. The quantitative estimate of drug-likeness (QED) is 0.674. The Morgan fingerprint density at radius 3 is 2.81 bits per heavy atom. The molecule has 1 aromatic carbocycles. The van der Waals surface area contributed by atoms with Crippen molar-refractivity contribution in [2.75, 3.05) is 12.4 Å². The van der Waals surface area contributed by atoms with Gasteiger partial charge in [0, 0.05) is 47.2 Å². The number of hydrogen-bond donors (Lipinski definition) is 2. The van der Waals surface area contributed by atoms with Crippen LogP contribution in [0.1, 0.15) is 25.3 Å². The van der Waals surface area contributed by atoms with Crippen molar-refractivity contribution in [2.24, 2.45) is 7.05 Å². The van der Waals surface area contributed by atoms with Gasteiger partial charge in [0.15, 0.2) is 0 Å². The van der Waals surface area contributed by atoms with Crippen molar-refractivity contribution >= 4 is 50.1 Å². The number of nitrogens with one attached hydrogen (secondary N) is 2. The van der Waals surface area contributed by atoms with Crippen LogP contribution in [-0.4, -0.2) is 52.3 Å². The number of hydrogen-bond acceptors (Lipinski definition) is 5. The number of carbonyl (C=O) groups excluding carboxylic acids is 1. The summed E-state index contributed by atoms with van der Waals surface area (Å²) in [7, 11) is -0.678. The molecule has 3 heterocycles. The molecule has 0 aliphatic carbocycles. The zero-order chi connectivity index (χ0) is 23.3. The summed E-state index contributed by atoms with van der Waals surface area (Å²) in [5.41, 5.74) is 1.27. The summed E-state index contributed by atoms with van der Waals surface area (Å²) < 4.78 is 44.1. The Morgan fingerprint density at radius 2 is 2.16 bits per heavy atom. The second-order valence-electron chi connectivity index (χ2n) is 8.15. The van der Waals surface area contributed by atoms with Gasteiger partial charge in [0.25, 0.3) is 10.2 Å². The number of thioether (sulfide) groups is 1. The lowest BCUT2D eigenvalue weighted by molar-refractivity contribution is -0.120. The zero-order valence-electron chi connectivity index (χ0n) is 17.7. The van der Waals surface area contributed by atoms with Crippen LogP contribution < -0.4 is 10.0 Å². The van der Waals surface area contributed by atoms with Gasteiger partial charge in [-0.2, -0.15) is 22.5 Å². The summed E-state index contributed by atoms with van der Waals surface area (Å²) in [6.07, 6.45) is 6.67. The number of aromatic nitrogens is 2. The third-order valence-electron chi connectivity index (χ3n) is 5.82. The predicted octanol–water partition coefficient (Wildman–Crippen LogP) is 2.99. The molecular formula is C20H23ClFN5O3S2. The van der Waals surface area contributed by atoms with E-state index in [0.29, 0.717) is 12.1 Å². The summed E-state index contributed by atoms with van der Waals surface area (Å²) >= 11 is 7.37. The molecule has 4 rings (SSSR count). The largest absolute Gasteiger partial charge is 0.325 e. The van der Waals surface area contributed by atoms with E-state index in [1.807, 2.05) is 20.2 Å². The molecule has 0 bridgehead atoms. The van der Waals surface area contributed by atoms with Gasteiger partial charge in [0.2, 0.25) is 5.91 Å². The Hall–Kier alpha value is -1.92. The summed E-state index contributed by atoms with van der Waals surface area (Å²) in [6.45, 7) is 1.99. The first-order valence-corrected chi connectivity index (χ1v) is 12.5. The molecule has 3 atom stereocenters. The summed E-state index contributed by atoms with van der Waals surface area (Å²) in [4.78, 5) is 14.0. The van der Waals surface area contributed by atoms with Crippen LogP contribution in [0.3, 0.4) is 0 Å². The Morgan fingerprint density at radius 1 is 1.41 bits per heavy atom. The molecule has 172 valence electrons. The number of halogens is 2. The van der Waals surface area contributed by atoms with Gasteiger partial charge in [-0.1, -0.05) is 17.7 Å². The van der Waals surface area contributed by atoms with Gasteiger partial charge in [-0.25, -0.2) is 4.39 Å². The molecule has 32 heavy (non-hydrogen) atoms. The molecule has 1 aromatic heterocycles. The molecule has 2 aromatic rings. The van der Waals surface area contributed by atoms with E-state index in [4.69, 9.17) is 11.6 Å². The maximum Gasteiger partial charge on any atom is 0.280 e. The van der Waals surface area contributed by atoms with Gasteiger partial charge in [0.05, 0.1) is 11.2 Å². The molecule has 1 unspecified atom stereocenters. The van der Waals surface area contributed by atoms with Crippen LogP contribution in [-0.2, 0) is 22.1 Å². The monoisotopic (exact) mass is 499 g/mol. The van der Waals surface area contributed by atoms with E-state index in [9.17, 15) is 17.6 Å². The fourth-order valence-corrected chi connectivity index (χ4v) is 6.87. The maximum atomic E-state index is 13.4. The topological polar surface area (TPSA) is 96.3 Å². The highest BCUT2D eigenvalue weighted by atomic mass is 35.5. The lowest BCUT2D eigenvalue weighted by Gasteiger charge is -2.42. The Balaban J connectivity index is 1.53. The van der Waals surface area contributed by atoms with Crippen LogP contribution in [0.25, 0.3) is 4.91 Å². The number of anilines is 1. The molecule has 0 saturated carbocycles. The van der Waals surface area contributed by atoms with Crippen molar-refractivity contribution in [3.63, 3.8) is 0 Å². The minimum absolute atomic E-state index is 0.129. The molecule has 0 spiro atoms. The zero-order valence-corrected chi connectivity index (χ0v) is 20.1. The minimum atomic E-state index is -3.88. The first-order valence-electron chi connectivity index (χ1n) is 9.88. The molecule has 1 amide bonds. The third kappa shape index (κ3) is 4.44. The predicted molar refractivity (Wildman–Crippen MR) is 124 cm³/mol. The average Bonchev–Trinajstić information content (AvgIpc) is 3.33. The van der Waals surface area contributed by atoms with Gasteiger partial charge in [0.1, 0.15) is 11.9 Å². The number of benzene rings is 1. The molecule has 2 N–H and O–H groups in total. The highest BCUT2D eigenvalue weighted by molar-refractivity contribution is 8.09. The van der Waals surface area contributed by atoms with Crippen LogP contribution >= 0.6 is 23.4 Å². The van der Waals surface area contributed by atoms with E-state index in [0.717, 1.165) is 20.8 Å². The van der Waals surface area contributed by atoms with Gasteiger partial charge in [-0.3, -0.25) is 9.48 Å². The lowest BCUT2D eigenvalue weighted by Crippen LogP contribution is -2.63. The number of carbonyl (C=O) groups is 1. The lowest BCUT2D eigenvalue weighted by atomic mass is 9.91. The molecule has 1 fully saturated rings. The smallest absolute Gasteiger partial charge is 0.280 e. The Labute approximate surface area is 195 Å². The van der Waals surface area contributed by atoms with E-state index in [2.05, 4.69) is 21.2 Å². The van der Waals surface area contributed by atoms with Gasteiger partial charge in [-0.15, -0.1) is 11.8 Å². The second-order valence-corrected chi connectivity index (χ2v) is 11.9. The molecule has 8 nitrogen and oxygen atoms in total. The summed E-state index contributed by atoms with van der Waals surface area (Å²) in [5, 5.41) is 6.73. The second kappa shape index (κ2) is 8.45. The maximum absolute atomic E-state index is 13.4. The van der Waals surface area contributed by atoms with Crippen LogP contribution in [0.5, 0.6) is 0 Å². The molecular weight excluding hydrogens is 477 g/mol. The fourth-order valence-electron chi connectivity index (χ4n) is 3.86.